The largest absolute Gasteiger partial charge is 0.484 e. The molecular weight excluding hydrogens is 332 g/mol. The molecule has 1 aromatic heterocycles. The van der Waals surface area contributed by atoms with Crippen LogP contribution in [0.2, 0.25) is 5.02 Å². The van der Waals surface area contributed by atoms with Gasteiger partial charge in [-0.1, -0.05) is 18.5 Å². The van der Waals surface area contributed by atoms with Crippen LogP contribution in [-0.4, -0.2) is 28.2 Å². The fourth-order valence-electron chi connectivity index (χ4n) is 2.50. The summed E-state index contributed by atoms with van der Waals surface area (Å²) in [5.74, 6) is 1.09. The van der Waals surface area contributed by atoms with Crippen LogP contribution in [0, 0.1) is 5.92 Å². The molecule has 0 spiro atoms. The number of hydrogen-bond acceptors (Lipinski definition) is 4. The highest BCUT2D eigenvalue weighted by molar-refractivity contribution is 6.30. The van der Waals surface area contributed by atoms with Crippen LogP contribution in [0.3, 0.4) is 0 Å². The highest BCUT2D eigenvalue weighted by Crippen LogP contribution is 2.30. The Balaban J connectivity index is 1.66. The molecule has 1 aliphatic heterocycles. The number of benzene rings is 1. The lowest BCUT2D eigenvalue weighted by atomic mass is 9.98. The molecule has 3 rings (SSSR count). The zero-order chi connectivity index (χ0) is 17.3. The van der Waals surface area contributed by atoms with Crippen molar-refractivity contribution in [1.29, 1.82) is 0 Å². The van der Waals surface area contributed by atoms with Crippen molar-refractivity contribution in [1.82, 2.24) is 9.78 Å². The van der Waals surface area contributed by atoms with Crippen molar-refractivity contribution in [2.75, 3.05) is 17.2 Å². The molecule has 0 saturated heterocycles. The van der Waals surface area contributed by atoms with Crippen LogP contribution in [0.15, 0.2) is 24.3 Å². The Morgan fingerprint density at radius 3 is 2.88 bits per heavy atom. The third-order valence-electron chi connectivity index (χ3n) is 3.79. The maximum atomic E-state index is 12.1. The molecule has 1 atom stereocenters. The van der Waals surface area contributed by atoms with Crippen molar-refractivity contribution in [3.8, 4) is 5.75 Å². The smallest absolute Gasteiger partial charge is 0.263 e. The van der Waals surface area contributed by atoms with Gasteiger partial charge in [0.25, 0.3) is 5.91 Å². The van der Waals surface area contributed by atoms with Crippen molar-refractivity contribution in [2.45, 2.75) is 13.3 Å². The van der Waals surface area contributed by atoms with Crippen LogP contribution in [0.5, 0.6) is 5.75 Å². The molecule has 2 amide bonds. The van der Waals surface area contributed by atoms with E-state index in [1.54, 1.807) is 36.0 Å². The second-order valence-electron chi connectivity index (χ2n) is 5.68. The van der Waals surface area contributed by atoms with E-state index in [4.69, 9.17) is 16.3 Å². The highest BCUT2D eigenvalue weighted by Gasteiger charge is 2.29. The number of fused-ring (bicyclic) bond motifs is 1. The first-order valence-electron chi connectivity index (χ1n) is 7.49. The molecule has 8 heteroatoms. The molecule has 1 aliphatic rings. The number of anilines is 2. The molecule has 0 saturated carbocycles. The normalized spacial score (nSPS) is 16.3. The number of amides is 2. The van der Waals surface area contributed by atoms with Gasteiger partial charge in [0.15, 0.2) is 12.4 Å². The van der Waals surface area contributed by atoms with E-state index in [2.05, 4.69) is 15.7 Å². The number of hydrogen-bond donors (Lipinski definition) is 2. The van der Waals surface area contributed by atoms with Crippen LogP contribution < -0.4 is 15.4 Å². The summed E-state index contributed by atoms with van der Waals surface area (Å²) >= 11 is 5.80. The van der Waals surface area contributed by atoms with Gasteiger partial charge in [-0.3, -0.25) is 14.3 Å². The number of halogens is 1. The number of carbonyl (C=O) groups excluding carboxylic acids is 2. The van der Waals surface area contributed by atoms with Gasteiger partial charge in [-0.2, -0.15) is 5.10 Å². The van der Waals surface area contributed by atoms with Crippen molar-refractivity contribution in [3.63, 3.8) is 0 Å². The van der Waals surface area contributed by atoms with E-state index in [-0.39, 0.29) is 24.3 Å². The van der Waals surface area contributed by atoms with E-state index in [9.17, 15) is 9.59 Å². The molecule has 0 radical (unpaired) electrons. The molecule has 0 unspecified atom stereocenters. The maximum absolute atomic E-state index is 12.1. The first-order valence-corrected chi connectivity index (χ1v) is 7.87. The molecule has 24 heavy (non-hydrogen) atoms. The molecule has 0 bridgehead atoms. The van der Waals surface area contributed by atoms with Crippen LogP contribution in [0.4, 0.5) is 11.6 Å². The average Bonchev–Trinajstić information content (AvgIpc) is 2.83. The summed E-state index contributed by atoms with van der Waals surface area (Å²) in [6.07, 6.45) is 0.530. The van der Waals surface area contributed by atoms with E-state index in [0.29, 0.717) is 28.8 Å². The third-order valence-corrected chi connectivity index (χ3v) is 4.04. The second kappa shape index (κ2) is 6.52. The molecule has 2 N–H and O–H groups in total. The van der Waals surface area contributed by atoms with Crippen molar-refractivity contribution in [3.05, 3.63) is 34.9 Å². The molecule has 7 nitrogen and oxygen atoms in total. The fourth-order valence-corrected chi connectivity index (χ4v) is 2.63. The minimum Gasteiger partial charge on any atom is -0.484 e. The maximum Gasteiger partial charge on any atom is 0.263 e. The number of aryl methyl sites for hydroxylation is 1. The van der Waals surface area contributed by atoms with Gasteiger partial charge < -0.3 is 15.4 Å². The number of rotatable bonds is 4. The lowest BCUT2D eigenvalue weighted by molar-refractivity contribution is -0.119. The SMILES string of the molecule is C[C@H]1Cc2c(NC(=O)COc3ccc(Cl)cc3)nn(C)c2NC1=O. The summed E-state index contributed by atoms with van der Waals surface area (Å²) in [4.78, 5) is 23.8. The van der Waals surface area contributed by atoms with Gasteiger partial charge in [0.1, 0.15) is 11.6 Å². The first-order chi connectivity index (χ1) is 11.4. The fraction of sp³-hybridized carbons (Fsp3) is 0.312. The number of nitrogens with zero attached hydrogens (tertiary/aromatic N) is 2. The average molecular weight is 349 g/mol. The molecule has 126 valence electrons. The Hall–Kier alpha value is -2.54. The Morgan fingerprint density at radius 1 is 1.46 bits per heavy atom. The molecule has 0 aliphatic carbocycles. The minimum atomic E-state index is -0.324. The molecule has 0 fully saturated rings. The summed E-state index contributed by atoms with van der Waals surface area (Å²) in [6, 6.07) is 6.76. The van der Waals surface area contributed by atoms with Gasteiger partial charge in [0.2, 0.25) is 5.91 Å². The summed E-state index contributed by atoms with van der Waals surface area (Å²) < 4.78 is 6.96. The van der Waals surface area contributed by atoms with E-state index in [1.807, 2.05) is 6.92 Å². The summed E-state index contributed by atoms with van der Waals surface area (Å²) in [7, 11) is 1.72. The van der Waals surface area contributed by atoms with Gasteiger partial charge in [0, 0.05) is 23.6 Å². The number of nitrogens with one attached hydrogen (secondary N) is 2. The Bertz CT molecular complexity index is 785. The summed E-state index contributed by atoms with van der Waals surface area (Å²) in [5.41, 5.74) is 0.824. The standard InChI is InChI=1S/C16H17ClN4O3/c1-9-7-12-14(20-21(2)15(12)19-16(9)23)18-13(22)8-24-11-5-3-10(17)4-6-11/h3-6,9H,7-8H2,1-2H3,(H,19,23)(H,18,20,22)/t9-/m0/s1. The third kappa shape index (κ3) is 3.35. The van der Waals surface area contributed by atoms with Crippen molar-refractivity contribution >= 4 is 35.1 Å². The van der Waals surface area contributed by atoms with E-state index in [1.165, 1.54) is 0 Å². The summed E-state index contributed by atoms with van der Waals surface area (Å²) in [5, 5.41) is 10.4. The van der Waals surface area contributed by atoms with Crippen LogP contribution in [0.25, 0.3) is 0 Å². The number of aromatic nitrogens is 2. The monoisotopic (exact) mass is 348 g/mol. The molecule has 1 aromatic carbocycles. The molecular formula is C16H17ClN4O3. The van der Waals surface area contributed by atoms with Crippen molar-refractivity contribution in [2.24, 2.45) is 13.0 Å². The Kier molecular flexibility index (Phi) is 4.44. The quantitative estimate of drug-likeness (QED) is 0.887. The topological polar surface area (TPSA) is 85.2 Å². The minimum absolute atomic E-state index is 0.0468. The molecule has 2 heterocycles. The lowest BCUT2D eigenvalue weighted by Gasteiger charge is -2.19. The van der Waals surface area contributed by atoms with Gasteiger partial charge in [-0.15, -0.1) is 0 Å². The second-order valence-corrected chi connectivity index (χ2v) is 6.12. The first kappa shape index (κ1) is 16.3. The Labute approximate surface area is 143 Å². The van der Waals surface area contributed by atoms with E-state index in [0.717, 1.165) is 5.56 Å². The summed E-state index contributed by atoms with van der Waals surface area (Å²) in [6.45, 7) is 1.69. The van der Waals surface area contributed by atoms with Gasteiger partial charge in [-0.05, 0) is 30.7 Å². The highest BCUT2D eigenvalue weighted by atomic mass is 35.5. The van der Waals surface area contributed by atoms with Gasteiger partial charge >= 0.3 is 0 Å². The number of ether oxygens (including phenoxy) is 1. The van der Waals surface area contributed by atoms with Crippen LogP contribution in [0.1, 0.15) is 12.5 Å². The zero-order valence-electron chi connectivity index (χ0n) is 13.3. The lowest BCUT2D eigenvalue weighted by Crippen LogP contribution is -2.29. The Morgan fingerprint density at radius 2 is 2.17 bits per heavy atom. The van der Waals surface area contributed by atoms with Crippen molar-refractivity contribution < 1.29 is 14.3 Å². The number of carbonyl (C=O) groups is 2. The van der Waals surface area contributed by atoms with Gasteiger partial charge in [-0.25, -0.2) is 0 Å². The van der Waals surface area contributed by atoms with E-state index >= 15 is 0 Å². The molecule has 2 aromatic rings. The van der Waals surface area contributed by atoms with Gasteiger partial charge in [0.05, 0.1) is 0 Å². The predicted molar refractivity (Wildman–Crippen MR) is 90.3 cm³/mol. The van der Waals surface area contributed by atoms with Crippen LogP contribution in [-0.2, 0) is 23.1 Å². The van der Waals surface area contributed by atoms with Crippen LogP contribution >= 0.6 is 11.6 Å². The van der Waals surface area contributed by atoms with E-state index < -0.39 is 0 Å². The predicted octanol–water partition coefficient (Wildman–Crippen LogP) is 2.22. The zero-order valence-corrected chi connectivity index (χ0v) is 14.1.